The van der Waals surface area contributed by atoms with E-state index in [-0.39, 0.29) is 11.3 Å². The molecule has 0 radical (unpaired) electrons. The number of carboxylic acid groups (broad SMARTS) is 2. The molecule has 0 aliphatic heterocycles. The average Bonchev–Trinajstić information content (AvgIpc) is 2.60. The van der Waals surface area contributed by atoms with E-state index in [2.05, 4.69) is 4.98 Å². The van der Waals surface area contributed by atoms with Crippen LogP contribution in [-0.4, -0.2) is 36.6 Å². The van der Waals surface area contributed by atoms with Crippen molar-refractivity contribution < 1.29 is 24.9 Å². The van der Waals surface area contributed by atoms with Gasteiger partial charge in [-0.2, -0.15) is 0 Å². The van der Waals surface area contributed by atoms with E-state index in [1.807, 2.05) is 0 Å². The van der Waals surface area contributed by atoms with Gasteiger partial charge < -0.3 is 15.3 Å². The number of rotatable bonds is 2. The monoisotopic (exact) mass is 222 g/mol. The summed E-state index contributed by atoms with van der Waals surface area (Å²) in [4.78, 5) is 25.5. The Morgan fingerprint density at radius 2 is 1.88 bits per heavy atom. The molecule has 0 fully saturated rings. The molecule has 0 aliphatic carbocycles. The van der Waals surface area contributed by atoms with Crippen LogP contribution in [0.2, 0.25) is 0 Å². The van der Waals surface area contributed by atoms with Crippen LogP contribution in [0.1, 0.15) is 21.0 Å². The van der Waals surface area contributed by atoms with E-state index in [0.29, 0.717) is 0 Å². The molecule has 2 aromatic rings. The van der Waals surface area contributed by atoms with Gasteiger partial charge in [0.15, 0.2) is 11.4 Å². The van der Waals surface area contributed by atoms with Gasteiger partial charge in [-0.05, 0) is 12.1 Å². The zero-order valence-electron chi connectivity index (χ0n) is 7.78. The topological polar surface area (TPSA) is 112 Å². The highest BCUT2D eigenvalue weighted by molar-refractivity contribution is 5.93. The van der Waals surface area contributed by atoms with E-state index in [1.165, 1.54) is 6.07 Å². The molecule has 82 valence electrons. The van der Waals surface area contributed by atoms with Gasteiger partial charge in [-0.3, -0.25) is 4.40 Å². The Kier molecular flexibility index (Phi) is 2.01. The van der Waals surface area contributed by atoms with Crippen LogP contribution in [0.4, 0.5) is 0 Å². The Morgan fingerprint density at radius 3 is 2.44 bits per heavy atom. The van der Waals surface area contributed by atoms with Crippen molar-refractivity contribution in [2.24, 2.45) is 0 Å². The Balaban J connectivity index is 2.93. The summed E-state index contributed by atoms with van der Waals surface area (Å²) in [5.74, 6) is -3.26. The Hall–Kier alpha value is -2.57. The van der Waals surface area contributed by atoms with Crippen molar-refractivity contribution >= 4 is 17.6 Å². The molecule has 16 heavy (non-hydrogen) atoms. The fourth-order valence-electron chi connectivity index (χ4n) is 1.42. The lowest BCUT2D eigenvalue weighted by atomic mass is 10.3. The highest BCUT2D eigenvalue weighted by Gasteiger charge is 2.20. The van der Waals surface area contributed by atoms with Gasteiger partial charge in [0.25, 0.3) is 0 Å². The second-order valence-electron chi connectivity index (χ2n) is 3.01. The summed E-state index contributed by atoms with van der Waals surface area (Å²) in [6.07, 6.45) is 1.03. The predicted octanol–water partition coefficient (Wildman–Crippen LogP) is 0.436. The van der Waals surface area contributed by atoms with Gasteiger partial charge in [-0.25, -0.2) is 14.6 Å². The van der Waals surface area contributed by atoms with Crippen molar-refractivity contribution in [2.75, 3.05) is 0 Å². The molecule has 7 heteroatoms. The fraction of sp³-hybridized carbons (Fsp3) is 0. The minimum absolute atomic E-state index is 0.146. The van der Waals surface area contributed by atoms with E-state index < -0.39 is 23.4 Å². The number of hydrogen-bond donors (Lipinski definition) is 3. The molecule has 3 N–H and O–H groups in total. The van der Waals surface area contributed by atoms with Gasteiger partial charge in [-0.15, -0.1) is 0 Å². The van der Waals surface area contributed by atoms with Crippen LogP contribution in [-0.2, 0) is 0 Å². The number of fused-ring (bicyclic) bond motifs is 1. The zero-order valence-corrected chi connectivity index (χ0v) is 7.78. The fourth-order valence-corrected chi connectivity index (χ4v) is 1.42. The first kappa shape index (κ1) is 9.97. The standard InChI is InChI=1S/C9H6N2O5/c12-5-1-2-6-10-3-4(8(13)14)11(6)7(5)9(15)16/h1-3,12H,(H,13,14)(H,15,16). The molecule has 0 saturated carbocycles. The number of pyridine rings is 1. The van der Waals surface area contributed by atoms with E-state index >= 15 is 0 Å². The maximum absolute atomic E-state index is 10.9. The molecular weight excluding hydrogens is 216 g/mol. The summed E-state index contributed by atoms with van der Waals surface area (Å²) in [5.41, 5.74) is -0.691. The SMILES string of the molecule is O=C(O)c1cnc2ccc(O)c(C(=O)O)n12. The lowest BCUT2D eigenvalue weighted by molar-refractivity contribution is 0.0681. The first-order valence-electron chi connectivity index (χ1n) is 4.18. The van der Waals surface area contributed by atoms with Crippen molar-refractivity contribution in [3.8, 4) is 5.75 Å². The molecule has 0 atom stereocenters. The van der Waals surface area contributed by atoms with E-state index in [4.69, 9.17) is 10.2 Å². The average molecular weight is 222 g/mol. The van der Waals surface area contributed by atoms with Gasteiger partial charge in [-0.1, -0.05) is 0 Å². The van der Waals surface area contributed by atoms with Crippen LogP contribution in [0.5, 0.6) is 5.75 Å². The number of aromatic nitrogens is 2. The largest absolute Gasteiger partial charge is 0.505 e. The smallest absolute Gasteiger partial charge is 0.356 e. The van der Waals surface area contributed by atoms with Crippen LogP contribution in [0.3, 0.4) is 0 Å². The predicted molar refractivity (Wildman–Crippen MR) is 50.8 cm³/mol. The second-order valence-corrected chi connectivity index (χ2v) is 3.01. The van der Waals surface area contributed by atoms with Gasteiger partial charge in [0.2, 0.25) is 0 Å². The summed E-state index contributed by atoms with van der Waals surface area (Å²) in [6, 6.07) is 2.48. The highest BCUT2D eigenvalue weighted by Crippen LogP contribution is 2.20. The number of aromatic carboxylic acids is 2. The first-order valence-corrected chi connectivity index (χ1v) is 4.18. The van der Waals surface area contributed by atoms with Gasteiger partial charge in [0, 0.05) is 0 Å². The molecule has 0 aromatic carbocycles. The third kappa shape index (κ3) is 1.26. The Morgan fingerprint density at radius 1 is 1.19 bits per heavy atom. The van der Waals surface area contributed by atoms with Crippen molar-refractivity contribution in [3.05, 3.63) is 29.7 Å². The van der Waals surface area contributed by atoms with Gasteiger partial charge >= 0.3 is 11.9 Å². The number of imidazole rings is 1. The zero-order chi connectivity index (χ0) is 11.9. The van der Waals surface area contributed by atoms with E-state index in [9.17, 15) is 14.7 Å². The van der Waals surface area contributed by atoms with Crippen molar-refractivity contribution in [1.29, 1.82) is 0 Å². The first-order chi connectivity index (χ1) is 7.52. The normalized spacial score (nSPS) is 10.5. The summed E-state index contributed by atoms with van der Waals surface area (Å²) in [6.45, 7) is 0. The van der Waals surface area contributed by atoms with Crippen LogP contribution >= 0.6 is 0 Å². The Labute approximate surface area is 88.2 Å². The molecule has 0 saturated heterocycles. The van der Waals surface area contributed by atoms with Crippen LogP contribution in [0.15, 0.2) is 18.3 Å². The molecule has 0 aliphatic rings. The van der Waals surface area contributed by atoms with Crippen molar-refractivity contribution in [1.82, 2.24) is 9.38 Å². The minimum atomic E-state index is -1.43. The molecule has 0 bridgehead atoms. The number of aromatic hydroxyl groups is 1. The van der Waals surface area contributed by atoms with Crippen molar-refractivity contribution in [3.63, 3.8) is 0 Å². The number of carboxylic acids is 2. The van der Waals surface area contributed by atoms with Gasteiger partial charge in [0.1, 0.15) is 11.4 Å². The van der Waals surface area contributed by atoms with Gasteiger partial charge in [0.05, 0.1) is 6.20 Å². The summed E-state index contributed by atoms with van der Waals surface area (Å²) >= 11 is 0. The Bertz CT molecular complexity index is 601. The molecule has 2 heterocycles. The third-order valence-corrected chi connectivity index (χ3v) is 2.07. The van der Waals surface area contributed by atoms with E-state index in [1.54, 1.807) is 0 Å². The molecule has 0 amide bonds. The molecule has 7 nitrogen and oxygen atoms in total. The quantitative estimate of drug-likeness (QED) is 0.679. The maximum Gasteiger partial charge on any atom is 0.356 e. The minimum Gasteiger partial charge on any atom is -0.505 e. The van der Waals surface area contributed by atoms with Crippen molar-refractivity contribution in [2.45, 2.75) is 0 Å². The number of hydrogen-bond acceptors (Lipinski definition) is 4. The summed E-state index contributed by atoms with van der Waals surface area (Å²) in [5, 5.41) is 27.1. The van der Waals surface area contributed by atoms with Crippen LogP contribution in [0, 0.1) is 0 Å². The van der Waals surface area contributed by atoms with Crippen LogP contribution in [0.25, 0.3) is 5.65 Å². The van der Waals surface area contributed by atoms with E-state index in [0.717, 1.165) is 16.7 Å². The van der Waals surface area contributed by atoms with Crippen LogP contribution < -0.4 is 0 Å². The number of carbonyl (C=O) groups is 2. The molecular formula is C9H6N2O5. The lowest BCUT2D eigenvalue weighted by Gasteiger charge is -2.04. The molecule has 0 unspecified atom stereocenters. The molecule has 2 rings (SSSR count). The summed E-state index contributed by atoms with van der Waals surface area (Å²) < 4.78 is 0.875. The summed E-state index contributed by atoms with van der Waals surface area (Å²) in [7, 11) is 0. The highest BCUT2D eigenvalue weighted by atomic mass is 16.4. The second kappa shape index (κ2) is 3.23. The third-order valence-electron chi connectivity index (χ3n) is 2.07. The lowest BCUT2D eigenvalue weighted by Crippen LogP contribution is -2.10. The number of nitrogens with zero attached hydrogens (tertiary/aromatic N) is 2. The molecule has 2 aromatic heterocycles. The molecule has 0 spiro atoms. The maximum atomic E-state index is 10.9.